The minimum absolute atomic E-state index is 0.242. The first-order valence-corrected chi connectivity index (χ1v) is 17.2. The summed E-state index contributed by atoms with van der Waals surface area (Å²) in [5.74, 6) is -0.905. The second kappa shape index (κ2) is 10.9. The molecule has 35 heavy (non-hydrogen) atoms. The summed E-state index contributed by atoms with van der Waals surface area (Å²) in [5.41, 5.74) is -0.242. The normalized spacial score (nSPS) is 14.6. The molecule has 0 saturated heterocycles. The van der Waals surface area contributed by atoms with E-state index in [9.17, 15) is 9.90 Å². The second-order valence-corrected chi connectivity index (χ2v) is 19.6. The molecule has 0 amide bonds. The van der Waals surface area contributed by atoms with Gasteiger partial charge in [0.2, 0.25) is 0 Å². The van der Waals surface area contributed by atoms with Gasteiger partial charge < -0.3 is 9.53 Å². The van der Waals surface area contributed by atoms with E-state index in [0.29, 0.717) is 0 Å². The Hall–Kier alpha value is -2.74. The predicted molar refractivity (Wildman–Crippen MR) is 152 cm³/mol. The van der Waals surface area contributed by atoms with E-state index in [1.54, 1.807) is 0 Å². The van der Waals surface area contributed by atoms with Crippen molar-refractivity contribution in [3.05, 3.63) is 103 Å². The molecule has 0 bridgehead atoms. The molecule has 3 aromatic rings. The van der Waals surface area contributed by atoms with Crippen LogP contribution < -0.4 is 15.6 Å². The van der Waals surface area contributed by atoms with Crippen LogP contribution in [0.1, 0.15) is 27.7 Å². The van der Waals surface area contributed by atoms with Gasteiger partial charge in [-0.3, -0.25) is 0 Å². The lowest BCUT2D eigenvalue weighted by atomic mass is 10.2. The summed E-state index contributed by atoms with van der Waals surface area (Å²) >= 11 is 0. The molecule has 184 valence electrons. The van der Waals surface area contributed by atoms with Gasteiger partial charge in [0.15, 0.2) is 0 Å². The largest absolute Gasteiger partial charge is 0.479 e. The number of aliphatic carboxylic acids is 1. The Bertz CT molecular complexity index is 1080. The Morgan fingerprint density at radius 2 is 1.20 bits per heavy atom. The monoisotopic (exact) mass is 502 g/mol. The second-order valence-electron chi connectivity index (χ2n) is 10.7. The average Bonchev–Trinajstić information content (AvgIpc) is 2.84. The summed E-state index contributed by atoms with van der Waals surface area (Å²) in [5, 5.41) is 13.8. The van der Waals surface area contributed by atoms with Gasteiger partial charge >= 0.3 is 5.97 Å². The van der Waals surface area contributed by atoms with Gasteiger partial charge in [-0.1, -0.05) is 142 Å². The molecule has 0 aliphatic rings. The van der Waals surface area contributed by atoms with Crippen molar-refractivity contribution in [3.63, 3.8) is 0 Å². The Morgan fingerprint density at radius 3 is 1.54 bits per heavy atom. The van der Waals surface area contributed by atoms with Gasteiger partial charge in [0.1, 0.15) is 6.10 Å². The minimum Gasteiger partial charge on any atom is -0.479 e. The van der Waals surface area contributed by atoms with E-state index in [1.807, 2.05) is 67.6 Å². The molecule has 2 atom stereocenters. The van der Waals surface area contributed by atoms with Crippen molar-refractivity contribution in [2.24, 2.45) is 0 Å². The minimum atomic E-state index is -3.04. The predicted octanol–water partition coefficient (Wildman–Crippen LogP) is 5.58. The first-order valence-electron chi connectivity index (χ1n) is 12.3. The van der Waals surface area contributed by atoms with Gasteiger partial charge in [-0.05, 0) is 22.3 Å². The highest BCUT2D eigenvalue weighted by atomic mass is 28.4. The summed E-state index contributed by atoms with van der Waals surface area (Å²) in [6.45, 7) is 13.0. The number of hydrogen-bond acceptors (Lipinski definition) is 2. The molecule has 0 unspecified atom stereocenters. The number of benzene rings is 3. The van der Waals surface area contributed by atoms with Crippen molar-refractivity contribution in [1.29, 1.82) is 0 Å². The summed E-state index contributed by atoms with van der Waals surface area (Å²) < 4.78 is 7.18. The fraction of sp³-hybridized carbons (Fsp3) is 0.300. The van der Waals surface area contributed by atoms with E-state index in [2.05, 4.69) is 76.3 Å². The van der Waals surface area contributed by atoms with Crippen LogP contribution in [0.15, 0.2) is 103 Å². The number of allylic oxidation sites excluding steroid dienone is 1. The molecule has 3 aromatic carbocycles. The molecule has 0 radical (unpaired) electrons. The van der Waals surface area contributed by atoms with E-state index in [0.717, 1.165) is 10.4 Å². The first-order chi connectivity index (χ1) is 16.6. The van der Waals surface area contributed by atoms with Gasteiger partial charge in [-0.2, -0.15) is 0 Å². The van der Waals surface area contributed by atoms with Crippen LogP contribution in [0.2, 0.25) is 23.7 Å². The zero-order valence-electron chi connectivity index (χ0n) is 21.7. The maximum Gasteiger partial charge on any atom is 0.331 e. The molecule has 0 aromatic heterocycles. The van der Waals surface area contributed by atoms with Crippen LogP contribution in [-0.4, -0.2) is 33.6 Å². The maximum atomic E-state index is 13.0. The zero-order chi connectivity index (χ0) is 25.7. The molecular formula is C30H38O3Si2. The maximum absolute atomic E-state index is 13.0. The molecule has 0 spiro atoms. The Labute approximate surface area is 212 Å². The lowest BCUT2D eigenvalue weighted by Gasteiger charge is -2.47. The molecule has 3 nitrogen and oxygen atoms in total. The SMILES string of the molecule is C/C=C/[C@H]([C@H](O[Si](c1ccccc1)(c1ccccc1)C(C)(C)C)C(=O)O)[Si](C)(C)c1ccccc1. The number of hydrogen-bond donors (Lipinski definition) is 1. The molecule has 3 rings (SSSR count). The topological polar surface area (TPSA) is 46.5 Å². The smallest absolute Gasteiger partial charge is 0.331 e. The molecule has 5 heteroatoms. The Morgan fingerprint density at radius 1 is 0.800 bits per heavy atom. The van der Waals surface area contributed by atoms with Crippen LogP contribution in [0, 0.1) is 0 Å². The Balaban J connectivity index is 2.26. The van der Waals surface area contributed by atoms with Crippen LogP contribution >= 0.6 is 0 Å². The van der Waals surface area contributed by atoms with Crippen molar-refractivity contribution in [1.82, 2.24) is 0 Å². The van der Waals surface area contributed by atoms with E-state index < -0.39 is 28.5 Å². The van der Waals surface area contributed by atoms with Crippen molar-refractivity contribution in [2.75, 3.05) is 0 Å². The third-order valence-electron chi connectivity index (χ3n) is 7.04. The van der Waals surface area contributed by atoms with Crippen LogP contribution in [-0.2, 0) is 9.22 Å². The van der Waals surface area contributed by atoms with Gasteiger partial charge in [0.05, 0.1) is 8.07 Å². The average molecular weight is 503 g/mol. The fourth-order valence-electron chi connectivity index (χ4n) is 5.15. The van der Waals surface area contributed by atoms with Crippen LogP contribution in [0.5, 0.6) is 0 Å². The lowest BCUT2D eigenvalue weighted by molar-refractivity contribution is -0.145. The number of rotatable bonds is 9. The highest BCUT2D eigenvalue weighted by Gasteiger charge is 2.54. The van der Waals surface area contributed by atoms with E-state index in [1.165, 1.54) is 5.19 Å². The van der Waals surface area contributed by atoms with Gasteiger partial charge in [-0.25, -0.2) is 4.79 Å². The Kier molecular flexibility index (Phi) is 8.36. The van der Waals surface area contributed by atoms with Crippen LogP contribution in [0.25, 0.3) is 0 Å². The number of carboxylic acids is 1. The molecule has 1 N–H and O–H groups in total. The zero-order valence-corrected chi connectivity index (χ0v) is 23.7. The van der Waals surface area contributed by atoms with Crippen molar-refractivity contribution in [3.8, 4) is 0 Å². The third-order valence-corrected chi connectivity index (χ3v) is 16.0. The van der Waals surface area contributed by atoms with Crippen molar-refractivity contribution < 1.29 is 14.3 Å². The summed E-state index contributed by atoms with van der Waals surface area (Å²) in [6.07, 6.45) is 3.07. The lowest BCUT2D eigenvalue weighted by Crippen LogP contribution is -2.69. The first kappa shape index (κ1) is 26.9. The van der Waals surface area contributed by atoms with Crippen molar-refractivity contribution >= 4 is 37.9 Å². The van der Waals surface area contributed by atoms with E-state index >= 15 is 0 Å². The molecule has 0 aliphatic heterocycles. The summed E-state index contributed by atoms with van der Waals surface area (Å²) in [7, 11) is -5.33. The van der Waals surface area contributed by atoms with E-state index in [-0.39, 0.29) is 10.6 Å². The highest BCUT2D eigenvalue weighted by Crippen LogP contribution is 2.40. The third kappa shape index (κ3) is 5.42. The fourth-order valence-corrected chi connectivity index (χ4v) is 13.0. The molecule has 0 aliphatic carbocycles. The van der Waals surface area contributed by atoms with Gasteiger partial charge in [0.25, 0.3) is 8.32 Å². The number of carboxylic acid groups (broad SMARTS) is 1. The highest BCUT2D eigenvalue weighted by molar-refractivity contribution is 6.99. The number of carbonyl (C=O) groups is 1. The van der Waals surface area contributed by atoms with Crippen LogP contribution in [0.4, 0.5) is 0 Å². The molecule has 0 saturated carbocycles. The molecule has 0 heterocycles. The molecular weight excluding hydrogens is 464 g/mol. The quantitative estimate of drug-likeness (QED) is 0.307. The standard InChI is InChI=1S/C30H38O3Si2/c1-7-17-27(34(5,6)24-18-11-8-12-19-24)28(29(31)32)33-35(30(2,3)4,25-20-13-9-14-21-25)26-22-15-10-16-23-26/h7-23,27-28H,1-6H3,(H,31,32)/b17-7+/t27-,28+/m1/s1. The van der Waals surface area contributed by atoms with E-state index in [4.69, 9.17) is 4.43 Å². The van der Waals surface area contributed by atoms with Crippen LogP contribution in [0.3, 0.4) is 0 Å². The van der Waals surface area contributed by atoms with Gasteiger partial charge in [0, 0.05) is 5.54 Å². The van der Waals surface area contributed by atoms with Gasteiger partial charge in [-0.15, -0.1) is 0 Å². The summed E-state index contributed by atoms with van der Waals surface area (Å²) in [4.78, 5) is 13.0. The van der Waals surface area contributed by atoms with Crippen molar-refractivity contribution in [2.45, 2.75) is 57.5 Å². The summed E-state index contributed by atoms with van der Waals surface area (Å²) in [6, 6.07) is 30.9. The molecule has 0 fully saturated rings.